The first-order valence-corrected chi connectivity index (χ1v) is 12.9. The molecular formula is C22H29N5O3S2. The quantitative estimate of drug-likeness (QED) is 0.442. The van der Waals surface area contributed by atoms with Gasteiger partial charge in [0.25, 0.3) is 0 Å². The van der Waals surface area contributed by atoms with E-state index in [1.54, 1.807) is 11.3 Å². The maximum absolute atomic E-state index is 9.50. The van der Waals surface area contributed by atoms with Crippen LogP contribution in [-0.2, 0) is 22.5 Å². The van der Waals surface area contributed by atoms with Gasteiger partial charge in [0, 0.05) is 44.1 Å². The lowest BCUT2D eigenvalue weighted by molar-refractivity contribution is -0.0396. The molecule has 0 bridgehead atoms. The van der Waals surface area contributed by atoms with E-state index in [4.69, 9.17) is 24.4 Å². The Balaban J connectivity index is 1.80. The van der Waals surface area contributed by atoms with Gasteiger partial charge in [-0.05, 0) is 25.7 Å². The lowest BCUT2D eigenvalue weighted by atomic mass is 9.90. The van der Waals surface area contributed by atoms with Crippen molar-refractivity contribution in [2.75, 3.05) is 62.6 Å². The number of anilines is 2. The summed E-state index contributed by atoms with van der Waals surface area (Å²) in [5.41, 5.74) is 3.18. The fourth-order valence-electron chi connectivity index (χ4n) is 4.46. The maximum Gasteiger partial charge on any atom is 0.189 e. The predicted octanol–water partition coefficient (Wildman–Crippen LogP) is 3.08. The summed E-state index contributed by atoms with van der Waals surface area (Å²) in [6.45, 7) is 8.52. The molecule has 1 fully saturated rings. The van der Waals surface area contributed by atoms with Gasteiger partial charge in [-0.1, -0.05) is 11.8 Å². The minimum absolute atomic E-state index is 0.0713. The molecule has 8 nitrogen and oxygen atoms in total. The minimum atomic E-state index is -0.246. The lowest BCUT2D eigenvalue weighted by Crippen LogP contribution is -2.39. The predicted molar refractivity (Wildman–Crippen MR) is 130 cm³/mol. The molecule has 0 aliphatic carbocycles. The summed E-state index contributed by atoms with van der Waals surface area (Å²) in [6, 6.07) is 0. The van der Waals surface area contributed by atoms with Crippen molar-refractivity contribution in [3.8, 4) is 0 Å². The minimum Gasteiger partial charge on any atom is -0.395 e. The number of thiophene rings is 1. The zero-order chi connectivity index (χ0) is 22.5. The molecule has 0 amide bonds. The number of aromatic nitrogens is 3. The number of hydrogen-bond donors (Lipinski definition) is 1. The standard InChI is InChI=1S/C22H29N5O3S2/c1-22(2)11-13-14(12-30-22)18(27-6-9-29-10-7-27)24-20-15(13)16-17(32-20)19(26(3)5-8-28)25-21(23-16)31-4/h28H,5-12H2,1-4H3. The van der Waals surface area contributed by atoms with Gasteiger partial charge in [0.2, 0.25) is 0 Å². The molecule has 3 aromatic heterocycles. The van der Waals surface area contributed by atoms with Gasteiger partial charge < -0.3 is 24.4 Å². The van der Waals surface area contributed by atoms with E-state index >= 15 is 0 Å². The number of hydrogen-bond acceptors (Lipinski definition) is 10. The second kappa shape index (κ2) is 8.57. The summed E-state index contributed by atoms with van der Waals surface area (Å²) in [6.07, 6.45) is 2.80. The van der Waals surface area contributed by atoms with E-state index in [0.717, 1.165) is 56.7 Å². The molecule has 0 unspecified atom stereocenters. The first-order chi connectivity index (χ1) is 15.4. The van der Waals surface area contributed by atoms with Crippen LogP contribution in [0.2, 0.25) is 0 Å². The van der Waals surface area contributed by atoms with Gasteiger partial charge in [-0.3, -0.25) is 0 Å². The Labute approximate surface area is 195 Å². The molecule has 172 valence electrons. The van der Waals surface area contributed by atoms with Crippen molar-refractivity contribution in [2.24, 2.45) is 0 Å². The van der Waals surface area contributed by atoms with E-state index in [1.807, 2.05) is 18.2 Å². The van der Waals surface area contributed by atoms with E-state index in [9.17, 15) is 5.11 Å². The topological polar surface area (TPSA) is 83.8 Å². The zero-order valence-electron chi connectivity index (χ0n) is 19.0. The number of rotatable bonds is 5. The number of pyridine rings is 1. The number of thioether (sulfide) groups is 1. The molecule has 2 aliphatic heterocycles. The molecule has 0 saturated carbocycles. The van der Waals surface area contributed by atoms with Crippen LogP contribution < -0.4 is 9.80 Å². The Kier molecular flexibility index (Phi) is 5.91. The second-order valence-corrected chi connectivity index (χ2v) is 10.6. The number of aliphatic hydroxyl groups excluding tert-OH is 1. The number of fused-ring (bicyclic) bond motifs is 5. The van der Waals surface area contributed by atoms with Crippen LogP contribution in [0.15, 0.2) is 5.16 Å². The fraction of sp³-hybridized carbons (Fsp3) is 0.591. The number of nitrogens with zero attached hydrogens (tertiary/aromatic N) is 5. The molecule has 32 heavy (non-hydrogen) atoms. The molecular weight excluding hydrogens is 446 g/mol. The summed E-state index contributed by atoms with van der Waals surface area (Å²) in [5.74, 6) is 1.87. The molecule has 0 atom stereocenters. The highest BCUT2D eigenvalue weighted by Gasteiger charge is 2.33. The molecule has 1 N–H and O–H groups in total. The van der Waals surface area contributed by atoms with E-state index in [0.29, 0.717) is 26.4 Å². The Bertz CT molecular complexity index is 1160. The highest BCUT2D eigenvalue weighted by molar-refractivity contribution is 7.98. The van der Waals surface area contributed by atoms with Crippen LogP contribution in [0.3, 0.4) is 0 Å². The third kappa shape index (κ3) is 3.81. The van der Waals surface area contributed by atoms with Gasteiger partial charge in [0.1, 0.15) is 10.6 Å². The number of ether oxygens (including phenoxy) is 2. The van der Waals surface area contributed by atoms with Gasteiger partial charge in [-0.2, -0.15) is 0 Å². The highest BCUT2D eigenvalue weighted by atomic mass is 32.2. The molecule has 0 aromatic carbocycles. The van der Waals surface area contributed by atoms with Crippen molar-refractivity contribution in [2.45, 2.75) is 37.6 Å². The van der Waals surface area contributed by atoms with Crippen molar-refractivity contribution < 1.29 is 14.6 Å². The number of morpholine rings is 1. The molecule has 5 heterocycles. The Morgan fingerprint density at radius 2 is 1.97 bits per heavy atom. The van der Waals surface area contributed by atoms with Crippen molar-refractivity contribution in [1.82, 2.24) is 15.0 Å². The van der Waals surface area contributed by atoms with E-state index < -0.39 is 0 Å². The smallest absolute Gasteiger partial charge is 0.189 e. The third-order valence-electron chi connectivity index (χ3n) is 6.12. The number of likely N-dealkylation sites (N-methyl/N-ethyl adjacent to an activating group) is 1. The summed E-state index contributed by atoms with van der Waals surface area (Å²) >= 11 is 3.18. The van der Waals surface area contributed by atoms with Gasteiger partial charge in [-0.25, -0.2) is 15.0 Å². The summed E-state index contributed by atoms with van der Waals surface area (Å²) in [5, 5.41) is 11.4. The largest absolute Gasteiger partial charge is 0.395 e. The maximum atomic E-state index is 9.50. The normalized spacial score (nSPS) is 18.3. The summed E-state index contributed by atoms with van der Waals surface area (Å²) in [4.78, 5) is 20.2. The van der Waals surface area contributed by atoms with E-state index in [-0.39, 0.29) is 12.2 Å². The molecule has 1 saturated heterocycles. The number of aliphatic hydroxyl groups is 1. The van der Waals surface area contributed by atoms with Gasteiger partial charge in [-0.15, -0.1) is 11.3 Å². The fourth-order valence-corrected chi connectivity index (χ4v) is 6.01. The monoisotopic (exact) mass is 475 g/mol. The molecule has 5 rings (SSSR count). The third-order valence-corrected chi connectivity index (χ3v) is 7.74. The van der Waals surface area contributed by atoms with Crippen LogP contribution >= 0.6 is 23.1 Å². The Morgan fingerprint density at radius 1 is 1.19 bits per heavy atom. The Hall–Kier alpha value is -1.72. The first-order valence-electron chi connectivity index (χ1n) is 10.9. The van der Waals surface area contributed by atoms with E-state index in [1.165, 1.54) is 22.9 Å². The van der Waals surface area contributed by atoms with Crippen molar-refractivity contribution in [3.63, 3.8) is 0 Å². The molecule has 0 spiro atoms. The van der Waals surface area contributed by atoms with Gasteiger partial charge in [0.15, 0.2) is 11.0 Å². The summed E-state index contributed by atoms with van der Waals surface area (Å²) < 4.78 is 12.8. The highest BCUT2D eigenvalue weighted by Crippen LogP contribution is 2.45. The second-order valence-electron chi connectivity index (χ2n) is 8.86. The van der Waals surface area contributed by atoms with Crippen LogP contribution in [0.4, 0.5) is 11.6 Å². The van der Waals surface area contributed by atoms with Crippen molar-refractivity contribution in [1.29, 1.82) is 0 Å². The first kappa shape index (κ1) is 22.1. The average molecular weight is 476 g/mol. The van der Waals surface area contributed by atoms with Crippen LogP contribution in [0.5, 0.6) is 0 Å². The van der Waals surface area contributed by atoms with Crippen molar-refractivity contribution in [3.05, 3.63) is 11.1 Å². The zero-order valence-corrected chi connectivity index (χ0v) is 20.6. The van der Waals surface area contributed by atoms with E-state index in [2.05, 4.69) is 18.7 Å². The van der Waals surface area contributed by atoms with Gasteiger partial charge in [0.05, 0.1) is 42.2 Å². The average Bonchev–Trinajstić information content (AvgIpc) is 3.16. The summed E-state index contributed by atoms with van der Waals surface area (Å²) in [7, 11) is 1.96. The van der Waals surface area contributed by atoms with Crippen molar-refractivity contribution >= 4 is 55.2 Å². The molecule has 3 aromatic rings. The van der Waals surface area contributed by atoms with Gasteiger partial charge >= 0.3 is 0 Å². The SMILES string of the molecule is CSc1nc(N(C)CCO)c2sc3nc(N4CCOCC4)c4c(c3c2n1)CC(C)(C)OC4. The van der Waals surface area contributed by atoms with Crippen LogP contribution in [0.1, 0.15) is 25.0 Å². The van der Waals surface area contributed by atoms with Crippen LogP contribution in [0, 0.1) is 0 Å². The lowest BCUT2D eigenvalue weighted by Gasteiger charge is -2.36. The van der Waals surface area contributed by atoms with Crippen LogP contribution in [0.25, 0.3) is 20.4 Å². The molecule has 0 radical (unpaired) electrons. The molecule has 2 aliphatic rings. The van der Waals surface area contributed by atoms with Crippen LogP contribution in [-0.4, -0.2) is 78.4 Å². The Morgan fingerprint density at radius 3 is 2.69 bits per heavy atom. The molecule has 10 heteroatoms.